The van der Waals surface area contributed by atoms with Gasteiger partial charge in [-0.25, -0.2) is 4.39 Å². The Morgan fingerprint density at radius 3 is 2.58 bits per heavy atom. The maximum Gasteiger partial charge on any atom is 0.129 e. The van der Waals surface area contributed by atoms with E-state index in [0.29, 0.717) is 5.56 Å². The van der Waals surface area contributed by atoms with E-state index in [-0.39, 0.29) is 17.9 Å². The molecule has 1 heterocycles. The largest absolute Gasteiger partial charge is 0.362 e. The van der Waals surface area contributed by atoms with Gasteiger partial charge in [0.2, 0.25) is 0 Å². The number of rotatable bonds is 3. The quantitative estimate of drug-likeness (QED) is 0.900. The molecule has 0 saturated carbocycles. The summed E-state index contributed by atoms with van der Waals surface area (Å²) in [4.78, 5) is 2.28. The summed E-state index contributed by atoms with van der Waals surface area (Å²) in [6.07, 6.45) is 3.29. The Morgan fingerprint density at radius 2 is 2.00 bits per heavy atom. The Labute approximate surface area is 115 Å². The normalized spacial score (nSPS) is 17.2. The van der Waals surface area contributed by atoms with Crippen LogP contribution in [0, 0.1) is 5.82 Å². The maximum absolute atomic E-state index is 14.0. The van der Waals surface area contributed by atoms with Crippen LogP contribution in [0.1, 0.15) is 45.2 Å². The molecule has 0 unspecified atom stereocenters. The third kappa shape index (κ3) is 2.39. The number of nitrogens with two attached hydrogens (primary N) is 1. The third-order valence-electron chi connectivity index (χ3n) is 3.81. The molecule has 1 aliphatic rings. The van der Waals surface area contributed by atoms with E-state index < -0.39 is 0 Å². The van der Waals surface area contributed by atoms with Gasteiger partial charge in [0.25, 0.3) is 0 Å². The summed E-state index contributed by atoms with van der Waals surface area (Å²) in [7, 11) is 0. The van der Waals surface area contributed by atoms with Crippen molar-refractivity contribution in [2.75, 3.05) is 11.4 Å². The molecule has 3 heteroatoms. The second-order valence-corrected chi connectivity index (χ2v) is 5.80. The maximum atomic E-state index is 14.0. The van der Waals surface area contributed by atoms with Crippen LogP contribution in [0.5, 0.6) is 0 Å². The van der Waals surface area contributed by atoms with E-state index in [1.54, 1.807) is 6.07 Å². The average Bonchev–Trinajstić information content (AvgIpc) is 2.33. The van der Waals surface area contributed by atoms with E-state index in [0.717, 1.165) is 24.2 Å². The van der Waals surface area contributed by atoms with Crippen LogP contribution in [0.2, 0.25) is 0 Å². The van der Waals surface area contributed by atoms with Gasteiger partial charge in [0.05, 0.1) is 5.54 Å². The van der Waals surface area contributed by atoms with Crippen LogP contribution in [-0.4, -0.2) is 12.1 Å². The lowest BCUT2D eigenvalue weighted by Crippen LogP contribution is -2.45. The summed E-state index contributed by atoms with van der Waals surface area (Å²) in [5.41, 5.74) is 9.40. The molecule has 1 aliphatic heterocycles. The van der Waals surface area contributed by atoms with Crippen molar-refractivity contribution in [3.63, 3.8) is 0 Å². The van der Waals surface area contributed by atoms with Crippen molar-refractivity contribution in [3.8, 4) is 0 Å². The molecular weight excluding hydrogens is 239 g/mol. The zero-order valence-corrected chi connectivity index (χ0v) is 12.3. The summed E-state index contributed by atoms with van der Waals surface area (Å²) >= 11 is 0. The Bertz CT molecular complexity index is 518. The molecule has 0 fully saturated rings. The molecule has 2 nitrogen and oxygen atoms in total. The molecule has 2 rings (SSSR count). The summed E-state index contributed by atoms with van der Waals surface area (Å²) in [6, 6.07) is 3.54. The minimum absolute atomic E-state index is 0.0796. The summed E-state index contributed by atoms with van der Waals surface area (Å²) in [5, 5.41) is 0. The van der Waals surface area contributed by atoms with E-state index in [1.807, 2.05) is 6.07 Å². The van der Waals surface area contributed by atoms with Crippen LogP contribution in [0.25, 0.3) is 5.57 Å². The molecule has 2 N–H and O–H groups in total. The van der Waals surface area contributed by atoms with Crippen molar-refractivity contribution in [2.24, 2.45) is 5.73 Å². The molecule has 0 spiro atoms. The lowest BCUT2D eigenvalue weighted by atomic mass is 9.87. The zero-order valence-electron chi connectivity index (χ0n) is 12.3. The van der Waals surface area contributed by atoms with Gasteiger partial charge >= 0.3 is 0 Å². The van der Waals surface area contributed by atoms with Crippen LogP contribution in [0.3, 0.4) is 0 Å². The topological polar surface area (TPSA) is 29.3 Å². The van der Waals surface area contributed by atoms with Gasteiger partial charge in [-0.1, -0.05) is 13.0 Å². The van der Waals surface area contributed by atoms with Gasteiger partial charge in [-0.2, -0.15) is 0 Å². The molecule has 0 aromatic heterocycles. The number of allylic oxidation sites excluding steroid dienone is 1. The molecule has 0 radical (unpaired) electrons. The van der Waals surface area contributed by atoms with Gasteiger partial charge in [0.1, 0.15) is 5.82 Å². The lowest BCUT2D eigenvalue weighted by Gasteiger charge is -2.43. The average molecular weight is 262 g/mol. The van der Waals surface area contributed by atoms with Crippen molar-refractivity contribution in [2.45, 2.75) is 46.2 Å². The molecule has 1 aromatic carbocycles. The number of fused-ring (bicyclic) bond motifs is 1. The van der Waals surface area contributed by atoms with E-state index in [4.69, 9.17) is 5.73 Å². The van der Waals surface area contributed by atoms with Crippen molar-refractivity contribution in [3.05, 3.63) is 35.2 Å². The fourth-order valence-corrected chi connectivity index (χ4v) is 2.93. The monoisotopic (exact) mass is 262 g/mol. The first-order valence-electron chi connectivity index (χ1n) is 6.90. The molecule has 19 heavy (non-hydrogen) atoms. The van der Waals surface area contributed by atoms with Gasteiger partial charge in [0, 0.05) is 29.9 Å². The van der Waals surface area contributed by atoms with Crippen molar-refractivity contribution in [1.82, 2.24) is 0 Å². The molecule has 0 atom stereocenters. The number of halogens is 1. The van der Waals surface area contributed by atoms with Crippen LogP contribution >= 0.6 is 0 Å². The highest BCUT2D eigenvalue weighted by Crippen LogP contribution is 2.40. The summed E-state index contributed by atoms with van der Waals surface area (Å²) in [5.74, 6) is -0.201. The predicted molar refractivity (Wildman–Crippen MR) is 79.7 cm³/mol. The van der Waals surface area contributed by atoms with Crippen LogP contribution < -0.4 is 10.6 Å². The first-order valence-corrected chi connectivity index (χ1v) is 6.90. The lowest BCUT2D eigenvalue weighted by molar-refractivity contribution is 0.545. The van der Waals surface area contributed by atoms with E-state index >= 15 is 0 Å². The van der Waals surface area contributed by atoms with Gasteiger partial charge in [-0.05, 0) is 44.9 Å². The minimum Gasteiger partial charge on any atom is -0.362 e. The van der Waals surface area contributed by atoms with Crippen LogP contribution in [0.4, 0.5) is 10.1 Å². The molecular formula is C16H23FN2. The molecule has 104 valence electrons. The second kappa shape index (κ2) is 4.97. The van der Waals surface area contributed by atoms with E-state index in [2.05, 4.69) is 38.7 Å². The van der Waals surface area contributed by atoms with Gasteiger partial charge < -0.3 is 10.6 Å². The second-order valence-electron chi connectivity index (χ2n) is 5.80. The standard InChI is InChI=1S/C16H23FN2/c1-5-6-19-15-8-14(17)12(10-18)7-13(15)11(2)9-16(19,3)4/h7-9H,5-6,10,18H2,1-4H3. The number of benzene rings is 1. The SMILES string of the molecule is CCCN1c2cc(F)c(CN)cc2C(C)=CC1(C)C. The van der Waals surface area contributed by atoms with Gasteiger partial charge in [0.15, 0.2) is 0 Å². The highest BCUT2D eigenvalue weighted by atomic mass is 19.1. The predicted octanol–water partition coefficient (Wildman–Crippen LogP) is 3.70. The number of anilines is 1. The molecule has 0 bridgehead atoms. The molecule has 1 aromatic rings. The van der Waals surface area contributed by atoms with Gasteiger partial charge in [-0.15, -0.1) is 0 Å². The fourth-order valence-electron chi connectivity index (χ4n) is 2.93. The number of hydrogen-bond donors (Lipinski definition) is 1. The zero-order chi connectivity index (χ0) is 14.2. The first kappa shape index (κ1) is 14.1. The van der Waals surface area contributed by atoms with Crippen LogP contribution in [0.15, 0.2) is 18.2 Å². The van der Waals surface area contributed by atoms with Crippen molar-refractivity contribution < 1.29 is 4.39 Å². The number of hydrogen-bond acceptors (Lipinski definition) is 2. The number of nitrogens with zero attached hydrogens (tertiary/aromatic N) is 1. The van der Waals surface area contributed by atoms with Crippen molar-refractivity contribution >= 4 is 11.3 Å². The Balaban J connectivity index is 2.62. The molecule has 0 aliphatic carbocycles. The first-order chi connectivity index (χ1) is 8.90. The van der Waals surface area contributed by atoms with Crippen LogP contribution in [-0.2, 0) is 6.54 Å². The van der Waals surface area contributed by atoms with E-state index in [1.165, 1.54) is 5.57 Å². The fraction of sp³-hybridized carbons (Fsp3) is 0.500. The highest BCUT2D eigenvalue weighted by Gasteiger charge is 2.31. The Morgan fingerprint density at radius 1 is 1.32 bits per heavy atom. The smallest absolute Gasteiger partial charge is 0.129 e. The summed E-state index contributed by atoms with van der Waals surface area (Å²) in [6.45, 7) is 9.73. The third-order valence-corrected chi connectivity index (χ3v) is 3.81. The van der Waals surface area contributed by atoms with Gasteiger partial charge in [-0.3, -0.25) is 0 Å². The van der Waals surface area contributed by atoms with E-state index in [9.17, 15) is 4.39 Å². The highest BCUT2D eigenvalue weighted by molar-refractivity contribution is 5.81. The Hall–Kier alpha value is -1.35. The Kier molecular flexibility index (Phi) is 3.68. The minimum atomic E-state index is -0.201. The molecule has 0 amide bonds. The summed E-state index contributed by atoms with van der Waals surface area (Å²) < 4.78 is 14.0. The van der Waals surface area contributed by atoms with Crippen molar-refractivity contribution in [1.29, 1.82) is 0 Å². The molecule has 0 saturated heterocycles.